The Bertz CT molecular complexity index is 169. The SMILES string of the molecule is [O]C(OCC1CCCC1)C1CCCCC1. The zero-order valence-electron chi connectivity index (χ0n) is 9.62. The quantitative estimate of drug-likeness (QED) is 0.654. The predicted octanol–water partition coefficient (Wildman–Crippen LogP) is 3.53. The van der Waals surface area contributed by atoms with Gasteiger partial charge in [0, 0.05) is 5.92 Å². The summed E-state index contributed by atoms with van der Waals surface area (Å²) in [4.78, 5) is 0. The summed E-state index contributed by atoms with van der Waals surface area (Å²) >= 11 is 0. The van der Waals surface area contributed by atoms with Crippen LogP contribution in [-0.4, -0.2) is 12.9 Å². The maximum Gasteiger partial charge on any atom is 0.194 e. The van der Waals surface area contributed by atoms with Gasteiger partial charge in [0.1, 0.15) is 0 Å². The van der Waals surface area contributed by atoms with Gasteiger partial charge in [-0.2, -0.15) is 0 Å². The van der Waals surface area contributed by atoms with E-state index < -0.39 is 6.29 Å². The van der Waals surface area contributed by atoms with Crippen LogP contribution >= 0.6 is 0 Å². The Labute approximate surface area is 93.0 Å². The van der Waals surface area contributed by atoms with E-state index in [9.17, 15) is 5.11 Å². The third-order valence-electron chi connectivity index (χ3n) is 4.01. The molecular weight excluding hydrogens is 188 g/mol. The Morgan fingerprint density at radius 1 is 0.933 bits per heavy atom. The van der Waals surface area contributed by atoms with Gasteiger partial charge < -0.3 is 4.74 Å². The van der Waals surface area contributed by atoms with Gasteiger partial charge in [-0.05, 0) is 31.6 Å². The molecule has 2 nitrogen and oxygen atoms in total. The van der Waals surface area contributed by atoms with Crippen molar-refractivity contribution in [1.29, 1.82) is 0 Å². The van der Waals surface area contributed by atoms with Crippen molar-refractivity contribution in [2.75, 3.05) is 6.61 Å². The van der Waals surface area contributed by atoms with E-state index in [4.69, 9.17) is 4.74 Å². The van der Waals surface area contributed by atoms with Crippen molar-refractivity contribution in [2.24, 2.45) is 11.8 Å². The maximum atomic E-state index is 11.8. The van der Waals surface area contributed by atoms with Crippen LogP contribution in [-0.2, 0) is 9.84 Å². The number of rotatable bonds is 4. The summed E-state index contributed by atoms with van der Waals surface area (Å²) in [6, 6.07) is 0. The molecule has 1 atom stereocenters. The molecule has 2 saturated carbocycles. The molecule has 2 rings (SSSR count). The van der Waals surface area contributed by atoms with E-state index in [0.29, 0.717) is 11.8 Å². The average molecular weight is 211 g/mol. The molecule has 0 bridgehead atoms. The standard InChI is InChI=1S/C13H23O2/c14-13(12-8-2-1-3-9-12)15-10-11-6-4-5-7-11/h11-13H,1-10H2. The summed E-state index contributed by atoms with van der Waals surface area (Å²) in [5.41, 5.74) is 0. The Morgan fingerprint density at radius 2 is 1.53 bits per heavy atom. The van der Waals surface area contributed by atoms with Crippen molar-refractivity contribution < 1.29 is 9.84 Å². The van der Waals surface area contributed by atoms with Gasteiger partial charge in [-0.15, -0.1) is 0 Å². The van der Waals surface area contributed by atoms with Gasteiger partial charge in [0.15, 0.2) is 6.29 Å². The molecule has 1 unspecified atom stereocenters. The monoisotopic (exact) mass is 211 g/mol. The lowest BCUT2D eigenvalue weighted by Gasteiger charge is -2.25. The zero-order valence-corrected chi connectivity index (χ0v) is 9.62. The molecule has 1 radical (unpaired) electrons. The fraction of sp³-hybridized carbons (Fsp3) is 1.00. The Morgan fingerprint density at radius 3 is 2.20 bits per heavy atom. The van der Waals surface area contributed by atoms with E-state index in [1.165, 1.54) is 44.9 Å². The van der Waals surface area contributed by atoms with Crippen LogP contribution in [0.2, 0.25) is 0 Å². The molecular formula is C13H23O2. The van der Waals surface area contributed by atoms with Gasteiger partial charge in [0.05, 0.1) is 6.61 Å². The average Bonchev–Trinajstić information content (AvgIpc) is 2.80. The largest absolute Gasteiger partial charge is 0.349 e. The fourth-order valence-electron chi connectivity index (χ4n) is 2.95. The van der Waals surface area contributed by atoms with E-state index in [1.54, 1.807) is 0 Å². The fourth-order valence-corrected chi connectivity index (χ4v) is 2.95. The molecule has 0 aromatic heterocycles. The Kier molecular flexibility index (Phi) is 4.45. The van der Waals surface area contributed by atoms with Gasteiger partial charge in [-0.1, -0.05) is 32.1 Å². The molecule has 0 spiro atoms. The molecule has 0 N–H and O–H groups in total. The minimum absolute atomic E-state index is 0.306. The van der Waals surface area contributed by atoms with Crippen LogP contribution in [0.4, 0.5) is 0 Å². The number of ether oxygens (including phenoxy) is 1. The topological polar surface area (TPSA) is 29.1 Å². The normalized spacial score (nSPS) is 27.0. The maximum absolute atomic E-state index is 11.8. The molecule has 0 amide bonds. The van der Waals surface area contributed by atoms with E-state index in [2.05, 4.69) is 0 Å². The first-order chi connectivity index (χ1) is 7.36. The van der Waals surface area contributed by atoms with Crippen LogP contribution in [0.5, 0.6) is 0 Å². The Hall–Kier alpha value is -0.0800. The lowest BCUT2D eigenvalue weighted by molar-refractivity contribution is -0.183. The zero-order chi connectivity index (χ0) is 10.5. The van der Waals surface area contributed by atoms with Crippen molar-refractivity contribution >= 4 is 0 Å². The van der Waals surface area contributed by atoms with Crippen LogP contribution in [0.25, 0.3) is 0 Å². The van der Waals surface area contributed by atoms with Gasteiger partial charge >= 0.3 is 0 Å². The highest BCUT2D eigenvalue weighted by Gasteiger charge is 2.25. The molecule has 2 aliphatic carbocycles. The van der Waals surface area contributed by atoms with Gasteiger partial charge in [-0.25, -0.2) is 5.11 Å². The van der Waals surface area contributed by atoms with Crippen molar-refractivity contribution in [3.63, 3.8) is 0 Å². The van der Waals surface area contributed by atoms with Crippen LogP contribution in [0, 0.1) is 11.8 Å². The minimum Gasteiger partial charge on any atom is -0.349 e. The molecule has 15 heavy (non-hydrogen) atoms. The second-order valence-corrected chi connectivity index (χ2v) is 5.25. The van der Waals surface area contributed by atoms with Gasteiger partial charge in [0.2, 0.25) is 0 Å². The molecule has 0 aliphatic heterocycles. The first-order valence-corrected chi connectivity index (χ1v) is 6.63. The predicted molar refractivity (Wildman–Crippen MR) is 59.0 cm³/mol. The molecule has 2 fully saturated rings. The van der Waals surface area contributed by atoms with Gasteiger partial charge in [-0.3, -0.25) is 0 Å². The molecule has 0 saturated heterocycles. The molecule has 0 aromatic carbocycles. The second-order valence-electron chi connectivity index (χ2n) is 5.25. The highest BCUT2D eigenvalue weighted by molar-refractivity contribution is 4.70. The summed E-state index contributed by atoms with van der Waals surface area (Å²) < 4.78 is 5.51. The van der Waals surface area contributed by atoms with Crippen molar-refractivity contribution in [3.05, 3.63) is 0 Å². The third kappa shape index (κ3) is 3.46. The second kappa shape index (κ2) is 5.86. The molecule has 2 heteroatoms. The molecule has 2 aliphatic rings. The summed E-state index contributed by atoms with van der Waals surface area (Å²) in [6.07, 6.45) is 10.5. The molecule has 0 heterocycles. The minimum atomic E-state index is -0.731. The third-order valence-corrected chi connectivity index (χ3v) is 4.01. The van der Waals surface area contributed by atoms with Crippen molar-refractivity contribution in [3.8, 4) is 0 Å². The lowest BCUT2D eigenvalue weighted by Crippen LogP contribution is -2.26. The van der Waals surface area contributed by atoms with Crippen molar-refractivity contribution in [2.45, 2.75) is 64.1 Å². The first kappa shape index (κ1) is 11.4. The summed E-state index contributed by atoms with van der Waals surface area (Å²) in [6.45, 7) is 0.727. The van der Waals surface area contributed by atoms with Crippen LogP contribution < -0.4 is 0 Å². The van der Waals surface area contributed by atoms with E-state index in [-0.39, 0.29) is 0 Å². The van der Waals surface area contributed by atoms with E-state index in [1.807, 2.05) is 0 Å². The molecule has 0 aromatic rings. The number of hydrogen-bond acceptors (Lipinski definition) is 1. The highest BCUT2D eigenvalue weighted by Crippen LogP contribution is 2.29. The summed E-state index contributed by atoms with van der Waals surface area (Å²) in [7, 11) is 0. The number of hydrogen-bond donors (Lipinski definition) is 0. The van der Waals surface area contributed by atoms with Crippen LogP contribution in [0.15, 0.2) is 0 Å². The van der Waals surface area contributed by atoms with Gasteiger partial charge in [0.25, 0.3) is 0 Å². The lowest BCUT2D eigenvalue weighted by atomic mass is 9.89. The van der Waals surface area contributed by atoms with E-state index in [0.717, 1.165) is 19.4 Å². The first-order valence-electron chi connectivity index (χ1n) is 6.63. The smallest absolute Gasteiger partial charge is 0.194 e. The van der Waals surface area contributed by atoms with Crippen molar-refractivity contribution in [1.82, 2.24) is 0 Å². The Balaban J connectivity index is 1.64. The van der Waals surface area contributed by atoms with Crippen LogP contribution in [0.1, 0.15) is 57.8 Å². The molecule has 87 valence electrons. The highest BCUT2D eigenvalue weighted by atomic mass is 16.6. The van der Waals surface area contributed by atoms with Crippen LogP contribution in [0.3, 0.4) is 0 Å². The van der Waals surface area contributed by atoms with E-state index >= 15 is 0 Å². The summed E-state index contributed by atoms with van der Waals surface area (Å²) in [5, 5.41) is 11.8. The summed E-state index contributed by atoms with van der Waals surface area (Å²) in [5.74, 6) is 0.991.